The summed E-state index contributed by atoms with van der Waals surface area (Å²) in [6.45, 7) is 5.25. The Morgan fingerprint density at radius 2 is 1.73 bits per heavy atom. The van der Waals surface area contributed by atoms with Gasteiger partial charge in [0, 0.05) is 41.7 Å². The van der Waals surface area contributed by atoms with Gasteiger partial charge in [-0.2, -0.15) is 0 Å². The van der Waals surface area contributed by atoms with Gasteiger partial charge in [0.2, 0.25) is 14.3 Å². The normalized spacial score (nSPS) is 26.2. The number of rotatable bonds is 5. The second kappa shape index (κ2) is 10.8. The van der Waals surface area contributed by atoms with Crippen LogP contribution in [0, 0.1) is 5.92 Å². The van der Waals surface area contributed by atoms with Gasteiger partial charge >= 0.3 is 0 Å². The van der Waals surface area contributed by atoms with Crippen LogP contribution in [0.15, 0.2) is 78.9 Å². The highest BCUT2D eigenvalue weighted by Crippen LogP contribution is 2.60. The number of benzene rings is 4. The number of halogens is 1. The number of carbonyl (C=O) groups excluding carboxylic acids is 3. The van der Waals surface area contributed by atoms with Crippen molar-refractivity contribution in [3.8, 4) is 0 Å². The average molecular weight is 664 g/mol. The molecule has 4 aromatic carbocycles. The van der Waals surface area contributed by atoms with E-state index in [2.05, 4.69) is 0 Å². The first-order valence-corrected chi connectivity index (χ1v) is 19.5. The van der Waals surface area contributed by atoms with E-state index >= 15 is 4.11 Å². The number of hydrogen-bond donors (Lipinski definition) is 1. The highest BCUT2D eigenvalue weighted by atomic mass is 28.4. The molecule has 1 spiro atoms. The molecule has 246 valence electrons. The van der Waals surface area contributed by atoms with Gasteiger partial charge in [0.25, 0.3) is 11.8 Å². The Balaban J connectivity index is 1.18. The van der Waals surface area contributed by atoms with Crippen LogP contribution in [0.1, 0.15) is 40.4 Å². The number of carbonyl (C=O) groups is 3. The van der Waals surface area contributed by atoms with Crippen molar-refractivity contribution >= 4 is 54.0 Å². The zero-order valence-electron chi connectivity index (χ0n) is 27.4. The molecule has 8 rings (SSSR count). The van der Waals surface area contributed by atoms with E-state index in [1.807, 2.05) is 85.8 Å². The number of anilines is 3. The van der Waals surface area contributed by atoms with E-state index in [0.29, 0.717) is 35.5 Å². The molecule has 4 aliphatic rings. The third-order valence-electron chi connectivity index (χ3n) is 11.2. The van der Waals surface area contributed by atoms with Gasteiger partial charge in [-0.1, -0.05) is 55.5 Å². The highest BCUT2D eigenvalue weighted by Gasteiger charge is 2.66. The summed E-state index contributed by atoms with van der Waals surface area (Å²) in [4.78, 5) is 47.1. The quantitative estimate of drug-likeness (QED) is 0.202. The minimum absolute atomic E-state index is 0.107. The predicted octanol–water partition coefficient (Wildman–Crippen LogP) is 6.22. The zero-order chi connectivity index (χ0) is 33.7. The number of fused-ring (bicyclic) bond motifs is 3. The molecule has 8 nitrogen and oxygen atoms in total. The maximum absolute atomic E-state index is 16.4. The summed E-state index contributed by atoms with van der Waals surface area (Å²) >= 11 is 0. The number of likely N-dealkylation sites (N-methyl/N-ethyl adjacent to an activating group) is 1. The molecule has 0 bridgehead atoms. The SMILES string of the molecule is C[C@@H]1[C@@H]([Si](C)(C)F)[C@H](CC(=O)N2Cc3ccccc3C[C@H]2CO)O[C@@]12C(=O)N(C)c1ccc(N3C(=O)c4cccc5cccc3c45)cc12. The summed E-state index contributed by atoms with van der Waals surface area (Å²) in [6, 6.07) is 24.5. The first-order valence-electron chi connectivity index (χ1n) is 16.6. The Bertz CT molecular complexity index is 2020. The minimum Gasteiger partial charge on any atom is -0.394 e. The fourth-order valence-electron chi connectivity index (χ4n) is 8.98. The standard InChI is InChI=1S/C38H38FN3O5Si/c1-22-35(48(3,4)39)32(19-33(44)41-20-25-10-6-5-9-24(25)17-27(41)21-43)47-38(22)29-18-26(15-16-30(29)40(2)37(38)46)42-31-14-8-12-23-11-7-13-28(34(23)31)36(42)45/h5-16,18,22,27,32,35,43H,17,19-21H2,1-4H3/t22-,27+,32+,35-,38+/m1/s1. The van der Waals surface area contributed by atoms with Crippen molar-refractivity contribution in [3.05, 3.63) is 101 Å². The van der Waals surface area contributed by atoms with Crippen LogP contribution < -0.4 is 9.80 Å². The number of nitrogens with zero attached hydrogens (tertiary/aromatic N) is 3. The molecule has 1 saturated heterocycles. The lowest BCUT2D eigenvalue weighted by Gasteiger charge is -2.37. The van der Waals surface area contributed by atoms with Crippen molar-refractivity contribution < 1.29 is 28.3 Å². The van der Waals surface area contributed by atoms with E-state index in [9.17, 15) is 19.5 Å². The Morgan fingerprint density at radius 1 is 1.00 bits per heavy atom. The number of ether oxygens (including phenoxy) is 1. The second-order valence-electron chi connectivity index (χ2n) is 14.2. The van der Waals surface area contributed by atoms with Crippen LogP contribution in [0.25, 0.3) is 10.8 Å². The molecule has 4 aliphatic heterocycles. The predicted molar refractivity (Wildman–Crippen MR) is 185 cm³/mol. The molecule has 1 fully saturated rings. The first-order chi connectivity index (χ1) is 23.0. The molecule has 48 heavy (non-hydrogen) atoms. The van der Waals surface area contributed by atoms with Crippen molar-refractivity contribution in [2.75, 3.05) is 23.5 Å². The lowest BCUT2D eigenvalue weighted by atomic mass is 9.82. The molecule has 5 atom stereocenters. The Morgan fingerprint density at radius 3 is 2.46 bits per heavy atom. The number of aliphatic hydroxyl groups is 1. The van der Waals surface area contributed by atoms with Gasteiger partial charge in [0.15, 0.2) is 5.60 Å². The minimum atomic E-state index is -3.52. The van der Waals surface area contributed by atoms with Gasteiger partial charge < -0.3 is 23.8 Å². The molecule has 4 heterocycles. The summed E-state index contributed by atoms with van der Waals surface area (Å²) in [7, 11) is -1.84. The lowest BCUT2D eigenvalue weighted by molar-refractivity contribution is -0.150. The number of amides is 3. The summed E-state index contributed by atoms with van der Waals surface area (Å²) in [5.41, 5.74) is 3.11. The largest absolute Gasteiger partial charge is 0.394 e. The Hall–Kier alpha value is -4.38. The average Bonchev–Trinajstić information content (AvgIpc) is 3.62. The van der Waals surface area contributed by atoms with Gasteiger partial charge in [0.05, 0.1) is 42.1 Å². The molecule has 0 radical (unpaired) electrons. The van der Waals surface area contributed by atoms with Crippen LogP contribution in [-0.4, -0.2) is 61.9 Å². The van der Waals surface area contributed by atoms with Crippen molar-refractivity contribution in [1.82, 2.24) is 4.90 Å². The van der Waals surface area contributed by atoms with E-state index in [1.165, 1.54) is 0 Å². The Labute approximate surface area is 279 Å². The molecule has 0 saturated carbocycles. The maximum Gasteiger partial charge on any atom is 0.264 e. The third-order valence-corrected chi connectivity index (χ3v) is 13.6. The van der Waals surface area contributed by atoms with Gasteiger partial charge in [-0.3, -0.25) is 19.3 Å². The van der Waals surface area contributed by atoms with E-state index in [1.54, 1.807) is 34.8 Å². The molecule has 3 amide bonds. The second-order valence-corrected chi connectivity index (χ2v) is 18.0. The van der Waals surface area contributed by atoms with Gasteiger partial charge in [-0.15, -0.1) is 0 Å². The topological polar surface area (TPSA) is 90.4 Å². The van der Waals surface area contributed by atoms with Gasteiger partial charge in [-0.25, -0.2) is 0 Å². The third kappa shape index (κ3) is 4.28. The van der Waals surface area contributed by atoms with Crippen LogP contribution in [-0.2, 0) is 32.9 Å². The fraction of sp³-hybridized carbons (Fsp3) is 0.342. The van der Waals surface area contributed by atoms with Crippen LogP contribution in [0.4, 0.5) is 21.2 Å². The summed E-state index contributed by atoms with van der Waals surface area (Å²) in [6.07, 6.45) is -0.429. The number of aliphatic hydroxyl groups excluding tert-OH is 1. The summed E-state index contributed by atoms with van der Waals surface area (Å²) < 4.78 is 23.3. The molecule has 1 N–H and O–H groups in total. The highest BCUT2D eigenvalue weighted by molar-refractivity contribution is 6.72. The lowest BCUT2D eigenvalue weighted by Crippen LogP contribution is -2.48. The fourth-order valence-corrected chi connectivity index (χ4v) is 11.5. The Kier molecular flexibility index (Phi) is 6.97. The van der Waals surface area contributed by atoms with E-state index in [4.69, 9.17) is 4.74 Å². The molecular formula is C38H38FN3O5Si. The molecular weight excluding hydrogens is 626 g/mol. The van der Waals surface area contributed by atoms with Crippen LogP contribution in [0.3, 0.4) is 0 Å². The van der Waals surface area contributed by atoms with E-state index < -0.39 is 37.6 Å². The molecule has 4 aromatic rings. The number of hydrogen-bond acceptors (Lipinski definition) is 5. The van der Waals surface area contributed by atoms with Crippen LogP contribution in [0.2, 0.25) is 18.6 Å². The molecule has 0 aliphatic carbocycles. The van der Waals surface area contributed by atoms with Crippen molar-refractivity contribution in [3.63, 3.8) is 0 Å². The van der Waals surface area contributed by atoms with Gasteiger partial charge in [0.1, 0.15) is 0 Å². The molecule has 0 aromatic heterocycles. The molecule has 0 unspecified atom stereocenters. The summed E-state index contributed by atoms with van der Waals surface area (Å²) in [5.74, 6) is -1.28. The van der Waals surface area contributed by atoms with Crippen LogP contribution >= 0.6 is 0 Å². The smallest absolute Gasteiger partial charge is 0.264 e. The van der Waals surface area contributed by atoms with Crippen LogP contribution in [0.5, 0.6) is 0 Å². The summed E-state index contributed by atoms with van der Waals surface area (Å²) in [5, 5.41) is 12.1. The van der Waals surface area contributed by atoms with E-state index in [0.717, 1.165) is 27.6 Å². The molecule has 10 heteroatoms. The monoisotopic (exact) mass is 663 g/mol. The van der Waals surface area contributed by atoms with Gasteiger partial charge in [-0.05, 0) is 66.4 Å². The van der Waals surface area contributed by atoms with Crippen molar-refractivity contribution in [2.45, 2.75) is 62.7 Å². The zero-order valence-corrected chi connectivity index (χ0v) is 28.4. The maximum atomic E-state index is 16.4. The first kappa shape index (κ1) is 30.9. The van der Waals surface area contributed by atoms with Crippen molar-refractivity contribution in [2.24, 2.45) is 5.92 Å². The van der Waals surface area contributed by atoms with Crippen molar-refractivity contribution in [1.29, 1.82) is 0 Å². The van der Waals surface area contributed by atoms with E-state index in [-0.39, 0.29) is 30.7 Å².